The van der Waals surface area contributed by atoms with Crippen molar-refractivity contribution in [3.05, 3.63) is 73.7 Å². The number of aliphatic hydroxyl groups excluding tert-OH is 1. The Kier molecular flexibility index (Phi) is 10.9. The Morgan fingerprint density at radius 2 is 1.58 bits per heavy atom. The number of hydrogen-bond acceptors (Lipinski definition) is 4. The van der Waals surface area contributed by atoms with E-state index in [1.165, 1.54) is 0 Å². The van der Waals surface area contributed by atoms with Crippen LogP contribution >= 0.6 is 39.1 Å². The van der Waals surface area contributed by atoms with E-state index < -0.39 is 17.7 Å². The van der Waals surface area contributed by atoms with Crippen molar-refractivity contribution in [1.82, 2.24) is 9.80 Å². The minimum atomic E-state index is -0.793. The summed E-state index contributed by atoms with van der Waals surface area (Å²) in [5, 5.41) is 12.0. The third kappa shape index (κ3) is 6.91. The zero-order chi connectivity index (χ0) is 26.2. The highest BCUT2D eigenvalue weighted by molar-refractivity contribution is 9.10. The van der Waals surface area contributed by atoms with Gasteiger partial charge in [0.15, 0.2) is 0 Å². The van der Waals surface area contributed by atoms with Crippen LogP contribution in [0.15, 0.2) is 52.5 Å². The summed E-state index contributed by atoms with van der Waals surface area (Å²) in [7, 11) is 0. The molecule has 3 rings (SSSR count). The number of Topliss-reactive ketones (excluding diaryl/α,β-unsaturated/α-hetero) is 1. The van der Waals surface area contributed by atoms with Gasteiger partial charge in [-0.1, -0.05) is 84.0 Å². The molecule has 0 aliphatic carbocycles. The number of unbranched alkanes of at least 4 members (excludes halogenated alkanes) is 2. The average Bonchev–Trinajstić information content (AvgIpc) is 3.10. The molecule has 0 spiro atoms. The van der Waals surface area contributed by atoms with Gasteiger partial charge in [-0.15, -0.1) is 0 Å². The van der Waals surface area contributed by atoms with E-state index in [2.05, 4.69) is 34.7 Å². The topological polar surface area (TPSA) is 60.9 Å². The first-order valence-corrected chi connectivity index (χ1v) is 14.0. The first-order chi connectivity index (χ1) is 17.3. The van der Waals surface area contributed by atoms with Crippen molar-refractivity contribution in [2.45, 2.75) is 52.0 Å². The maximum absolute atomic E-state index is 13.2. The first-order valence-electron chi connectivity index (χ1n) is 12.5. The molecule has 1 saturated heterocycles. The van der Waals surface area contributed by atoms with E-state index in [1.54, 1.807) is 47.4 Å². The fraction of sp³-hybridized carbons (Fsp3) is 0.429. The lowest BCUT2D eigenvalue weighted by Gasteiger charge is -2.28. The number of likely N-dealkylation sites (tertiary alicyclic amines) is 1. The van der Waals surface area contributed by atoms with Crippen LogP contribution in [-0.2, 0) is 9.59 Å². The highest BCUT2D eigenvalue weighted by Crippen LogP contribution is 2.42. The van der Waals surface area contributed by atoms with Gasteiger partial charge < -0.3 is 14.9 Å². The Hall–Kier alpha value is -1.86. The van der Waals surface area contributed by atoms with E-state index in [9.17, 15) is 14.7 Å². The number of hydrogen-bond donors (Lipinski definition) is 1. The number of halogens is 3. The van der Waals surface area contributed by atoms with Crippen molar-refractivity contribution in [2.24, 2.45) is 0 Å². The van der Waals surface area contributed by atoms with Crippen LogP contribution in [0.25, 0.3) is 5.76 Å². The molecule has 2 aromatic rings. The Labute approximate surface area is 232 Å². The molecule has 1 aliphatic heterocycles. The fourth-order valence-electron chi connectivity index (χ4n) is 4.48. The predicted molar refractivity (Wildman–Crippen MR) is 150 cm³/mol. The van der Waals surface area contributed by atoms with Crippen LogP contribution in [0.2, 0.25) is 10.0 Å². The molecule has 0 bridgehead atoms. The third-order valence-corrected chi connectivity index (χ3v) is 7.53. The number of carbonyl (C=O) groups is 2. The molecule has 1 heterocycles. The molecule has 0 saturated carbocycles. The van der Waals surface area contributed by atoms with E-state index in [0.717, 1.165) is 49.8 Å². The summed E-state index contributed by atoms with van der Waals surface area (Å²) in [5.74, 6) is -1.55. The van der Waals surface area contributed by atoms with Crippen molar-refractivity contribution in [3.8, 4) is 0 Å². The lowest BCUT2D eigenvalue weighted by atomic mass is 9.95. The molecule has 2 aromatic carbocycles. The van der Waals surface area contributed by atoms with Gasteiger partial charge in [-0.25, -0.2) is 0 Å². The molecule has 1 N–H and O–H groups in total. The van der Waals surface area contributed by atoms with Crippen LogP contribution in [0.5, 0.6) is 0 Å². The van der Waals surface area contributed by atoms with Crippen molar-refractivity contribution in [1.29, 1.82) is 0 Å². The zero-order valence-corrected chi connectivity index (χ0v) is 23.9. The number of aliphatic hydroxyl groups is 1. The van der Waals surface area contributed by atoms with Crippen LogP contribution < -0.4 is 0 Å². The molecular formula is C28H33BrCl2N2O3. The van der Waals surface area contributed by atoms with Crippen LogP contribution in [0.4, 0.5) is 0 Å². The van der Waals surface area contributed by atoms with Crippen LogP contribution in [0.3, 0.4) is 0 Å². The van der Waals surface area contributed by atoms with Crippen LogP contribution in [0.1, 0.15) is 63.1 Å². The highest BCUT2D eigenvalue weighted by Gasteiger charge is 2.46. The van der Waals surface area contributed by atoms with Gasteiger partial charge in [-0.05, 0) is 68.7 Å². The molecule has 0 radical (unpaired) electrons. The molecule has 1 atom stereocenters. The lowest BCUT2D eigenvalue weighted by Crippen LogP contribution is -2.34. The maximum Gasteiger partial charge on any atom is 0.295 e. The normalized spacial score (nSPS) is 17.4. The summed E-state index contributed by atoms with van der Waals surface area (Å²) in [6.45, 7) is 7.60. The second kappa shape index (κ2) is 13.6. The summed E-state index contributed by atoms with van der Waals surface area (Å²) < 4.78 is 0.840. The lowest BCUT2D eigenvalue weighted by molar-refractivity contribution is -0.140. The zero-order valence-electron chi connectivity index (χ0n) is 20.8. The standard InChI is InChI=1S/C28H33BrCl2N2O3/c1-3-5-14-32(15-6-4-2)16-7-17-33-25(22-13-12-21(30)18-23(22)31)24(27(35)28(33)36)26(34)19-8-10-20(29)11-9-19/h8-13,18,25,34H,3-7,14-17H2,1-2H3. The van der Waals surface area contributed by atoms with E-state index >= 15 is 0 Å². The Morgan fingerprint density at radius 1 is 0.972 bits per heavy atom. The van der Waals surface area contributed by atoms with E-state index in [-0.39, 0.29) is 11.3 Å². The number of carbonyl (C=O) groups excluding carboxylic acids is 2. The molecule has 1 amide bonds. The SMILES string of the molecule is CCCCN(CCCC)CCCN1C(=O)C(=O)C(=C(O)c2ccc(Br)cc2)C1c1ccc(Cl)cc1Cl. The second-order valence-corrected chi connectivity index (χ2v) is 10.8. The van der Waals surface area contributed by atoms with Crippen molar-refractivity contribution >= 4 is 56.6 Å². The van der Waals surface area contributed by atoms with Crippen LogP contribution in [-0.4, -0.2) is 52.8 Å². The monoisotopic (exact) mass is 594 g/mol. The molecule has 8 heteroatoms. The van der Waals surface area contributed by atoms with Gasteiger partial charge in [0.25, 0.3) is 11.7 Å². The molecule has 1 unspecified atom stereocenters. The van der Waals surface area contributed by atoms with E-state index in [1.807, 2.05) is 0 Å². The van der Waals surface area contributed by atoms with Gasteiger partial charge in [0.1, 0.15) is 5.76 Å². The summed E-state index contributed by atoms with van der Waals surface area (Å²) >= 11 is 16.1. The smallest absolute Gasteiger partial charge is 0.295 e. The molecule has 36 heavy (non-hydrogen) atoms. The Bertz CT molecular complexity index is 1100. The molecule has 1 aliphatic rings. The van der Waals surface area contributed by atoms with Gasteiger partial charge in [-0.3, -0.25) is 9.59 Å². The molecule has 194 valence electrons. The van der Waals surface area contributed by atoms with Gasteiger partial charge >= 0.3 is 0 Å². The van der Waals surface area contributed by atoms with Crippen molar-refractivity contribution in [2.75, 3.05) is 26.2 Å². The summed E-state index contributed by atoms with van der Waals surface area (Å²) in [6, 6.07) is 11.2. The minimum absolute atomic E-state index is 0.0420. The predicted octanol–water partition coefficient (Wildman–Crippen LogP) is 7.47. The number of amides is 1. The largest absolute Gasteiger partial charge is 0.507 e. The molecular weight excluding hydrogens is 563 g/mol. The summed E-state index contributed by atoms with van der Waals surface area (Å²) in [4.78, 5) is 30.4. The van der Waals surface area contributed by atoms with Gasteiger partial charge in [0.2, 0.25) is 0 Å². The first kappa shape index (κ1) is 28.7. The van der Waals surface area contributed by atoms with E-state index in [4.69, 9.17) is 23.2 Å². The maximum atomic E-state index is 13.2. The molecule has 1 fully saturated rings. The quantitative estimate of drug-likeness (QED) is 0.157. The number of benzene rings is 2. The highest BCUT2D eigenvalue weighted by atomic mass is 79.9. The van der Waals surface area contributed by atoms with Gasteiger partial charge in [0, 0.05) is 26.6 Å². The van der Waals surface area contributed by atoms with Crippen molar-refractivity contribution in [3.63, 3.8) is 0 Å². The summed E-state index contributed by atoms with van der Waals surface area (Å²) in [5.41, 5.74) is 1.06. The molecule has 5 nitrogen and oxygen atoms in total. The number of nitrogens with zero attached hydrogens (tertiary/aromatic N) is 2. The number of ketones is 1. The molecule has 0 aromatic heterocycles. The second-order valence-electron chi connectivity index (χ2n) is 9.07. The summed E-state index contributed by atoms with van der Waals surface area (Å²) in [6.07, 6.45) is 5.22. The minimum Gasteiger partial charge on any atom is -0.507 e. The van der Waals surface area contributed by atoms with Gasteiger partial charge in [-0.2, -0.15) is 0 Å². The number of rotatable bonds is 12. The Morgan fingerprint density at radius 3 is 2.17 bits per heavy atom. The third-order valence-electron chi connectivity index (χ3n) is 6.44. The fourth-order valence-corrected chi connectivity index (χ4v) is 5.26. The van der Waals surface area contributed by atoms with Crippen molar-refractivity contribution < 1.29 is 14.7 Å². The van der Waals surface area contributed by atoms with Crippen LogP contribution in [0, 0.1) is 0 Å². The Balaban J connectivity index is 1.95. The van der Waals surface area contributed by atoms with E-state index in [0.29, 0.717) is 34.1 Å². The van der Waals surface area contributed by atoms with Gasteiger partial charge in [0.05, 0.1) is 11.6 Å². The average molecular weight is 596 g/mol.